The Morgan fingerprint density at radius 2 is 1.74 bits per heavy atom. The van der Waals surface area contributed by atoms with Crippen molar-refractivity contribution in [3.05, 3.63) is 103 Å². The molecule has 1 atom stereocenters. The Balaban J connectivity index is 1.31. The van der Waals surface area contributed by atoms with Gasteiger partial charge in [-0.15, -0.1) is 0 Å². The lowest BCUT2D eigenvalue weighted by Crippen LogP contribution is -2.37. The van der Waals surface area contributed by atoms with Crippen LogP contribution in [0.2, 0.25) is 0 Å². The quantitative estimate of drug-likeness (QED) is 0.258. The Labute approximate surface area is 243 Å². The van der Waals surface area contributed by atoms with Gasteiger partial charge in [0.25, 0.3) is 10.0 Å². The molecule has 212 valence electrons. The minimum absolute atomic E-state index is 0.203. The van der Waals surface area contributed by atoms with E-state index < -0.39 is 10.0 Å². The summed E-state index contributed by atoms with van der Waals surface area (Å²) >= 11 is 0. The number of aryl methyl sites for hydroxylation is 1. The number of aliphatic hydroxyl groups is 1. The molecule has 0 aliphatic carbocycles. The van der Waals surface area contributed by atoms with Crippen molar-refractivity contribution in [2.75, 3.05) is 13.1 Å². The van der Waals surface area contributed by atoms with Gasteiger partial charge in [0.2, 0.25) is 0 Å². The highest BCUT2D eigenvalue weighted by Crippen LogP contribution is 2.36. The number of benzene rings is 3. The predicted molar refractivity (Wildman–Crippen MR) is 162 cm³/mol. The summed E-state index contributed by atoms with van der Waals surface area (Å²) in [7, 11) is -3.90. The van der Waals surface area contributed by atoms with Crippen LogP contribution in [-0.2, 0) is 16.6 Å². The number of fused-ring (bicyclic) bond motifs is 2. The van der Waals surface area contributed by atoms with Crippen LogP contribution in [0.1, 0.15) is 24.0 Å². The summed E-state index contributed by atoms with van der Waals surface area (Å²) in [6.07, 6.45) is 6.66. The predicted octanol–water partition coefficient (Wildman–Crippen LogP) is 6.01. The first kappa shape index (κ1) is 26.6. The van der Waals surface area contributed by atoms with Gasteiger partial charge in [0, 0.05) is 47.4 Å². The molecular weight excluding hydrogens is 548 g/mol. The molecule has 0 radical (unpaired) electrons. The molecule has 3 aromatic heterocycles. The molecule has 3 aromatic carbocycles. The Bertz CT molecular complexity index is 2010. The summed E-state index contributed by atoms with van der Waals surface area (Å²) in [5.74, 6) is 0. The number of piperidine rings is 1. The van der Waals surface area contributed by atoms with E-state index in [0.717, 1.165) is 64.5 Å². The number of aliphatic hydroxyl groups excluding tert-OH is 1. The van der Waals surface area contributed by atoms with Crippen molar-refractivity contribution in [1.29, 1.82) is 0 Å². The van der Waals surface area contributed by atoms with E-state index >= 15 is 0 Å². The summed E-state index contributed by atoms with van der Waals surface area (Å²) in [4.78, 5) is 7.19. The zero-order chi connectivity index (χ0) is 28.8. The lowest BCUT2D eigenvalue weighted by Gasteiger charge is -2.29. The van der Waals surface area contributed by atoms with Crippen LogP contribution >= 0.6 is 0 Å². The van der Waals surface area contributed by atoms with Crippen molar-refractivity contribution in [3.63, 3.8) is 0 Å². The lowest BCUT2D eigenvalue weighted by molar-refractivity contribution is 0.0668. The van der Waals surface area contributed by atoms with Crippen LogP contribution in [0, 0.1) is 6.92 Å². The SMILES string of the molecule is Cc1ccc(S(=O)(=O)n2cc(-c3ccc4oncc4c3)c3cc(-c4ccc(CN5CCCC(O)C5)cc4)cnc32)cc1. The van der Waals surface area contributed by atoms with Gasteiger partial charge >= 0.3 is 0 Å². The molecule has 1 unspecified atom stereocenters. The van der Waals surface area contributed by atoms with E-state index in [1.54, 1.807) is 42.9 Å². The Kier molecular flexibility index (Phi) is 6.65. The van der Waals surface area contributed by atoms with Crippen molar-refractivity contribution in [2.45, 2.75) is 37.3 Å². The molecule has 1 aliphatic heterocycles. The van der Waals surface area contributed by atoms with Gasteiger partial charge in [0.05, 0.1) is 17.2 Å². The molecule has 4 heterocycles. The number of nitrogens with zero attached hydrogens (tertiary/aromatic N) is 4. The number of likely N-dealkylation sites (tertiary alicyclic amines) is 1. The molecule has 0 saturated carbocycles. The molecule has 0 spiro atoms. The zero-order valence-corrected chi connectivity index (χ0v) is 24.0. The third kappa shape index (κ3) is 4.89. The van der Waals surface area contributed by atoms with Crippen molar-refractivity contribution >= 4 is 32.0 Å². The molecule has 42 heavy (non-hydrogen) atoms. The second-order valence-corrected chi connectivity index (χ2v) is 12.9. The van der Waals surface area contributed by atoms with Gasteiger partial charge < -0.3 is 9.63 Å². The number of hydrogen-bond acceptors (Lipinski definition) is 7. The van der Waals surface area contributed by atoms with E-state index in [4.69, 9.17) is 9.51 Å². The fraction of sp³-hybridized carbons (Fsp3) is 0.212. The fourth-order valence-electron chi connectivity index (χ4n) is 5.75. The van der Waals surface area contributed by atoms with Crippen LogP contribution in [-0.4, -0.2) is 51.7 Å². The Hall–Kier alpha value is -4.31. The van der Waals surface area contributed by atoms with E-state index in [0.29, 0.717) is 17.8 Å². The highest BCUT2D eigenvalue weighted by Gasteiger charge is 2.24. The number of β-amino-alcohol motifs (C(OH)–C–C–N with tert-alkyl or cyclic N) is 1. The van der Waals surface area contributed by atoms with Gasteiger partial charge in [-0.3, -0.25) is 4.90 Å². The average Bonchev–Trinajstić information content (AvgIpc) is 3.62. The van der Waals surface area contributed by atoms with Gasteiger partial charge in [-0.2, -0.15) is 0 Å². The number of hydrogen-bond donors (Lipinski definition) is 1. The van der Waals surface area contributed by atoms with Gasteiger partial charge in [-0.1, -0.05) is 53.2 Å². The van der Waals surface area contributed by atoms with E-state index in [-0.39, 0.29) is 11.0 Å². The van der Waals surface area contributed by atoms with Crippen LogP contribution in [0.4, 0.5) is 0 Å². The van der Waals surface area contributed by atoms with Crippen LogP contribution in [0.3, 0.4) is 0 Å². The molecule has 1 aliphatic rings. The van der Waals surface area contributed by atoms with Gasteiger partial charge in [0.1, 0.15) is 0 Å². The normalized spacial score (nSPS) is 16.4. The first-order valence-electron chi connectivity index (χ1n) is 14.0. The topological polar surface area (TPSA) is 101 Å². The van der Waals surface area contributed by atoms with Crippen molar-refractivity contribution in [1.82, 2.24) is 19.0 Å². The summed E-state index contributed by atoms with van der Waals surface area (Å²) in [6.45, 7) is 4.41. The smallest absolute Gasteiger partial charge is 0.269 e. The molecule has 0 bridgehead atoms. The second-order valence-electron chi connectivity index (χ2n) is 11.1. The molecule has 1 fully saturated rings. The van der Waals surface area contributed by atoms with Gasteiger partial charge in [-0.25, -0.2) is 17.4 Å². The first-order chi connectivity index (χ1) is 20.3. The number of rotatable bonds is 6. The number of aromatic nitrogens is 3. The average molecular weight is 579 g/mol. The molecule has 7 rings (SSSR count). The molecule has 0 amide bonds. The van der Waals surface area contributed by atoms with Crippen LogP contribution in [0.5, 0.6) is 0 Å². The summed E-state index contributed by atoms with van der Waals surface area (Å²) in [5.41, 5.74) is 6.65. The fourth-order valence-corrected chi connectivity index (χ4v) is 7.07. The van der Waals surface area contributed by atoms with E-state index in [2.05, 4.69) is 34.3 Å². The maximum Gasteiger partial charge on any atom is 0.269 e. The molecule has 6 aromatic rings. The highest BCUT2D eigenvalue weighted by molar-refractivity contribution is 7.90. The van der Waals surface area contributed by atoms with E-state index in [1.807, 2.05) is 31.2 Å². The van der Waals surface area contributed by atoms with Gasteiger partial charge in [0.15, 0.2) is 11.2 Å². The number of pyridine rings is 1. The van der Waals surface area contributed by atoms with E-state index in [9.17, 15) is 13.5 Å². The summed E-state index contributed by atoms with van der Waals surface area (Å²) in [6, 6.07) is 22.9. The van der Waals surface area contributed by atoms with Gasteiger partial charge in [-0.05, 0) is 73.3 Å². The van der Waals surface area contributed by atoms with Crippen LogP contribution in [0.25, 0.3) is 44.3 Å². The third-order valence-corrected chi connectivity index (χ3v) is 9.69. The minimum atomic E-state index is -3.90. The van der Waals surface area contributed by atoms with Crippen molar-refractivity contribution in [2.24, 2.45) is 0 Å². The van der Waals surface area contributed by atoms with E-state index in [1.165, 1.54) is 9.54 Å². The summed E-state index contributed by atoms with van der Waals surface area (Å²) < 4.78 is 34.2. The largest absolute Gasteiger partial charge is 0.392 e. The first-order valence-corrected chi connectivity index (χ1v) is 15.5. The second kappa shape index (κ2) is 10.5. The maximum absolute atomic E-state index is 13.8. The Morgan fingerprint density at radius 1 is 0.952 bits per heavy atom. The third-order valence-electron chi connectivity index (χ3n) is 8.03. The molecule has 8 nitrogen and oxygen atoms in total. The molecule has 1 N–H and O–H groups in total. The molecule has 9 heteroatoms. The monoisotopic (exact) mass is 578 g/mol. The molecular formula is C33H30N4O4S. The van der Waals surface area contributed by atoms with Crippen molar-refractivity contribution < 1.29 is 18.0 Å². The maximum atomic E-state index is 13.8. The zero-order valence-electron chi connectivity index (χ0n) is 23.1. The standard InChI is InChI=1S/C33H30N4O4S/c1-22-4-11-29(12-5-22)42(39,40)37-21-31(25-10-13-32-27(15-25)18-35-41-32)30-16-26(17-34-33(30)37)24-8-6-23(7-9-24)19-36-14-2-3-28(38)20-36/h4-13,15-18,21,28,38H,2-3,14,19-20H2,1H3. The lowest BCUT2D eigenvalue weighted by atomic mass is 10.0. The summed E-state index contributed by atoms with van der Waals surface area (Å²) in [5, 5.41) is 15.5. The van der Waals surface area contributed by atoms with Crippen LogP contribution in [0.15, 0.2) is 101 Å². The minimum Gasteiger partial charge on any atom is -0.392 e. The molecule has 1 saturated heterocycles. The Morgan fingerprint density at radius 3 is 2.52 bits per heavy atom. The highest BCUT2D eigenvalue weighted by atomic mass is 32.2. The van der Waals surface area contributed by atoms with Crippen molar-refractivity contribution in [3.8, 4) is 22.3 Å². The van der Waals surface area contributed by atoms with Crippen LogP contribution < -0.4 is 0 Å².